The fourth-order valence-electron chi connectivity index (χ4n) is 1.63. The molecular weight excluding hydrogens is 213 g/mol. The second kappa shape index (κ2) is 5.73. The lowest BCUT2D eigenvalue weighted by atomic mass is 9.96. The number of allylic oxidation sites excluding steroid dienone is 1. The summed E-state index contributed by atoms with van der Waals surface area (Å²) in [6.45, 7) is 5.60. The maximum atomic E-state index is 12.9. The average molecular weight is 228 g/mol. The molecule has 1 aromatic carbocycles. The molecule has 0 bridgehead atoms. The number of hydrogen-bond acceptors (Lipinski definition) is 0. The van der Waals surface area contributed by atoms with Crippen LogP contribution in [0.3, 0.4) is 0 Å². The monoisotopic (exact) mass is 228 g/mol. The fraction of sp³-hybridized carbons (Fsp3) is 0.385. The van der Waals surface area contributed by atoms with Crippen LogP contribution in [0, 0.1) is 23.4 Å². The van der Waals surface area contributed by atoms with Crippen molar-refractivity contribution in [3.8, 4) is 0 Å². The molecule has 0 amide bonds. The molecule has 0 spiro atoms. The molecular formula is C13H15F3. The van der Waals surface area contributed by atoms with Crippen molar-refractivity contribution >= 4 is 0 Å². The summed E-state index contributed by atoms with van der Waals surface area (Å²) in [6.07, 6.45) is 4.13. The lowest BCUT2D eigenvalue weighted by Crippen LogP contribution is -2.02. The van der Waals surface area contributed by atoms with Gasteiger partial charge in [-0.1, -0.05) is 13.0 Å². The van der Waals surface area contributed by atoms with Gasteiger partial charge in [-0.15, -0.1) is 6.58 Å². The molecule has 0 radical (unpaired) electrons. The van der Waals surface area contributed by atoms with E-state index in [1.54, 1.807) is 0 Å². The molecule has 1 unspecified atom stereocenters. The minimum Gasteiger partial charge on any atom is -0.204 e. The second-order valence-electron chi connectivity index (χ2n) is 4.05. The molecule has 0 aliphatic carbocycles. The Kier molecular flexibility index (Phi) is 4.59. The standard InChI is InChI=1S/C13H15F3/c1-3-4-5-9(2)6-10-7-11(14)13(16)12(15)8-10/h3,7-9H,1,4-6H2,2H3. The van der Waals surface area contributed by atoms with Gasteiger partial charge in [-0.3, -0.25) is 0 Å². The van der Waals surface area contributed by atoms with Gasteiger partial charge in [-0.05, 0) is 42.9 Å². The summed E-state index contributed by atoms with van der Waals surface area (Å²) in [6, 6.07) is 2.12. The van der Waals surface area contributed by atoms with E-state index in [9.17, 15) is 13.2 Å². The normalized spacial score (nSPS) is 12.5. The predicted octanol–water partition coefficient (Wildman–Crippen LogP) is 4.25. The molecule has 88 valence electrons. The highest BCUT2D eigenvalue weighted by Crippen LogP contribution is 2.18. The van der Waals surface area contributed by atoms with Gasteiger partial charge in [0, 0.05) is 0 Å². The molecule has 1 rings (SSSR count). The third-order valence-electron chi connectivity index (χ3n) is 2.49. The third kappa shape index (κ3) is 3.40. The minimum atomic E-state index is -1.40. The van der Waals surface area contributed by atoms with Gasteiger partial charge < -0.3 is 0 Å². The van der Waals surface area contributed by atoms with E-state index >= 15 is 0 Å². The molecule has 1 aromatic rings. The van der Waals surface area contributed by atoms with Crippen molar-refractivity contribution in [2.75, 3.05) is 0 Å². The molecule has 0 saturated heterocycles. The van der Waals surface area contributed by atoms with Gasteiger partial charge in [0.2, 0.25) is 0 Å². The molecule has 3 heteroatoms. The molecule has 16 heavy (non-hydrogen) atoms. The lowest BCUT2D eigenvalue weighted by molar-refractivity contribution is 0.442. The summed E-state index contributed by atoms with van der Waals surface area (Å²) < 4.78 is 38.5. The van der Waals surface area contributed by atoms with Crippen molar-refractivity contribution in [2.24, 2.45) is 5.92 Å². The Bertz CT molecular complexity index is 348. The summed E-state index contributed by atoms with van der Waals surface area (Å²) in [5, 5.41) is 0. The maximum absolute atomic E-state index is 12.9. The summed E-state index contributed by atoms with van der Waals surface area (Å²) in [5.74, 6) is -3.35. The first-order chi connectivity index (χ1) is 7.54. The number of halogens is 3. The van der Waals surface area contributed by atoms with Crippen molar-refractivity contribution in [3.63, 3.8) is 0 Å². The molecule has 0 fully saturated rings. The summed E-state index contributed by atoms with van der Waals surface area (Å²) in [4.78, 5) is 0. The van der Waals surface area contributed by atoms with Crippen LogP contribution >= 0.6 is 0 Å². The van der Waals surface area contributed by atoms with Crippen LogP contribution in [-0.4, -0.2) is 0 Å². The van der Waals surface area contributed by atoms with E-state index in [-0.39, 0.29) is 0 Å². The van der Waals surface area contributed by atoms with Gasteiger partial charge >= 0.3 is 0 Å². The largest absolute Gasteiger partial charge is 0.204 e. The zero-order valence-electron chi connectivity index (χ0n) is 9.27. The van der Waals surface area contributed by atoms with Crippen molar-refractivity contribution in [2.45, 2.75) is 26.2 Å². The number of hydrogen-bond donors (Lipinski definition) is 0. The first kappa shape index (κ1) is 12.8. The topological polar surface area (TPSA) is 0 Å². The molecule has 0 aliphatic rings. The molecule has 0 nitrogen and oxygen atoms in total. The Labute approximate surface area is 93.8 Å². The van der Waals surface area contributed by atoms with Crippen LogP contribution < -0.4 is 0 Å². The Morgan fingerprint density at radius 2 is 1.81 bits per heavy atom. The van der Waals surface area contributed by atoms with Crippen molar-refractivity contribution in [1.82, 2.24) is 0 Å². The van der Waals surface area contributed by atoms with E-state index in [4.69, 9.17) is 0 Å². The van der Waals surface area contributed by atoms with E-state index < -0.39 is 17.5 Å². The molecule has 0 aliphatic heterocycles. The highest BCUT2D eigenvalue weighted by atomic mass is 19.2. The van der Waals surface area contributed by atoms with Crippen LogP contribution in [-0.2, 0) is 6.42 Å². The van der Waals surface area contributed by atoms with Gasteiger partial charge in [0.15, 0.2) is 17.5 Å². The Hall–Kier alpha value is -1.25. The summed E-state index contributed by atoms with van der Waals surface area (Å²) >= 11 is 0. The first-order valence-electron chi connectivity index (χ1n) is 5.29. The summed E-state index contributed by atoms with van der Waals surface area (Å²) in [7, 11) is 0. The van der Waals surface area contributed by atoms with E-state index in [0.29, 0.717) is 17.9 Å². The molecule has 0 saturated carbocycles. The smallest absolute Gasteiger partial charge is 0.194 e. The summed E-state index contributed by atoms with van der Waals surface area (Å²) in [5.41, 5.74) is 0.493. The lowest BCUT2D eigenvalue weighted by Gasteiger charge is -2.10. The minimum absolute atomic E-state index is 0.294. The third-order valence-corrected chi connectivity index (χ3v) is 2.49. The van der Waals surface area contributed by atoms with Gasteiger partial charge in [0.25, 0.3) is 0 Å². The van der Waals surface area contributed by atoms with Crippen LogP contribution in [0.2, 0.25) is 0 Å². The molecule has 0 aromatic heterocycles. The fourth-order valence-corrected chi connectivity index (χ4v) is 1.63. The van der Waals surface area contributed by atoms with Gasteiger partial charge in [0.05, 0.1) is 0 Å². The maximum Gasteiger partial charge on any atom is 0.194 e. The van der Waals surface area contributed by atoms with Gasteiger partial charge in [0.1, 0.15) is 0 Å². The first-order valence-corrected chi connectivity index (χ1v) is 5.29. The van der Waals surface area contributed by atoms with Gasteiger partial charge in [-0.2, -0.15) is 0 Å². The molecule has 0 heterocycles. The van der Waals surface area contributed by atoms with Crippen LogP contribution in [0.5, 0.6) is 0 Å². The Balaban J connectivity index is 2.70. The van der Waals surface area contributed by atoms with Crippen molar-refractivity contribution < 1.29 is 13.2 Å². The number of benzene rings is 1. The van der Waals surface area contributed by atoms with Crippen LogP contribution in [0.15, 0.2) is 24.8 Å². The molecule has 0 N–H and O–H groups in total. The van der Waals surface area contributed by atoms with Crippen LogP contribution in [0.4, 0.5) is 13.2 Å². The SMILES string of the molecule is C=CCCC(C)Cc1cc(F)c(F)c(F)c1. The van der Waals surface area contributed by atoms with Crippen LogP contribution in [0.1, 0.15) is 25.3 Å². The zero-order valence-corrected chi connectivity index (χ0v) is 9.27. The predicted molar refractivity (Wildman–Crippen MR) is 58.6 cm³/mol. The average Bonchev–Trinajstić information content (AvgIpc) is 2.23. The molecule has 1 atom stereocenters. The van der Waals surface area contributed by atoms with Crippen LogP contribution in [0.25, 0.3) is 0 Å². The van der Waals surface area contributed by atoms with E-state index in [1.807, 2.05) is 13.0 Å². The Morgan fingerprint density at radius 1 is 1.25 bits per heavy atom. The quantitative estimate of drug-likeness (QED) is 0.522. The van der Waals surface area contributed by atoms with E-state index in [0.717, 1.165) is 25.0 Å². The highest BCUT2D eigenvalue weighted by Gasteiger charge is 2.12. The van der Waals surface area contributed by atoms with Gasteiger partial charge in [-0.25, -0.2) is 13.2 Å². The second-order valence-corrected chi connectivity index (χ2v) is 4.05. The van der Waals surface area contributed by atoms with Crippen molar-refractivity contribution in [1.29, 1.82) is 0 Å². The van der Waals surface area contributed by atoms with Crippen molar-refractivity contribution in [3.05, 3.63) is 47.8 Å². The van der Waals surface area contributed by atoms with E-state index in [1.165, 1.54) is 0 Å². The highest BCUT2D eigenvalue weighted by molar-refractivity contribution is 5.19. The zero-order chi connectivity index (χ0) is 12.1. The Morgan fingerprint density at radius 3 is 2.31 bits per heavy atom. The number of rotatable bonds is 5. The van der Waals surface area contributed by atoms with E-state index in [2.05, 4.69) is 6.58 Å².